The number of methoxy groups -OCH3 is 2. The Kier molecular flexibility index (Phi) is 31.8. The summed E-state index contributed by atoms with van der Waals surface area (Å²) in [6.07, 6.45) is -0.216. The second-order valence-electron chi connectivity index (χ2n) is 27.1. The average molecular weight is 1500 g/mol. The molecule has 0 spiro atoms. The van der Waals surface area contributed by atoms with Gasteiger partial charge < -0.3 is 36.1 Å². The van der Waals surface area contributed by atoms with Crippen LogP contribution >= 0.6 is 0 Å². The van der Waals surface area contributed by atoms with Crippen LogP contribution < -0.4 is 26.6 Å². The highest BCUT2D eigenvalue weighted by Crippen LogP contribution is 2.34. The number of nitrogens with one attached hydrogen (secondary N) is 5. The number of nitrogens with zero attached hydrogens (tertiary/aromatic N) is 7. The van der Waals surface area contributed by atoms with E-state index in [1.54, 1.807) is 4.31 Å². The number of carbonyl (C=O) groups is 4. The Labute approximate surface area is 623 Å². The molecule has 0 aromatic heterocycles. The molecule has 106 heavy (non-hydrogen) atoms. The average Bonchev–Trinajstić information content (AvgIpc) is 1.51. The molecule has 0 bridgehead atoms. The maximum Gasteiger partial charge on any atom is 0.407 e. The number of likely N-dealkylation sites (N-methyl/N-ethyl adjacent to an activating group) is 2. The first-order chi connectivity index (χ1) is 50.3. The molecule has 2 aliphatic rings. The molecule has 0 aliphatic carbocycles. The van der Waals surface area contributed by atoms with E-state index in [4.69, 9.17) is 9.47 Å². The van der Waals surface area contributed by atoms with Crippen molar-refractivity contribution in [2.75, 3.05) is 93.8 Å². The molecule has 2 aliphatic heterocycles. The molecule has 6 atom stereocenters. The summed E-state index contributed by atoms with van der Waals surface area (Å²) in [6, 6.07) is 54.6. The Morgan fingerprint density at radius 3 is 1.17 bits per heavy atom. The van der Waals surface area contributed by atoms with Crippen molar-refractivity contribution in [1.82, 2.24) is 49.9 Å². The zero-order valence-corrected chi connectivity index (χ0v) is 62.3. The fraction of sp³-hybridized carbons (Fsp3) is 0.410. The molecule has 2 heterocycles. The fourth-order valence-electron chi connectivity index (χ4n) is 13.4. The molecule has 2 saturated heterocycles. The summed E-state index contributed by atoms with van der Waals surface area (Å²) >= 11 is 0. The van der Waals surface area contributed by atoms with Crippen molar-refractivity contribution in [3.8, 4) is 0 Å². The number of rotatable bonds is 34. The van der Waals surface area contributed by atoms with Crippen molar-refractivity contribution in [3.05, 3.63) is 248 Å². The molecule has 28 heteroatoms. The summed E-state index contributed by atoms with van der Waals surface area (Å²) in [4.78, 5) is 80.8. The molecule has 5 N–H and O–H groups in total. The number of carbonyl (C=O) groups excluding carboxylic acids is 4. The Balaban J connectivity index is 0.000000296. The second kappa shape index (κ2) is 40.3. The number of hydrogen-bond donors (Lipinski definition) is 5. The first kappa shape index (κ1) is 83.7. The van der Waals surface area contributed by atoms with Gasteiger partial charge in [0.2, 0.25) is 31.9 Å². The summed E-state index contributed by atoms with van der Waals surface area (Å²) in [6.45, 7) is 12.5. The van der Waals surface area contributed by atoms with Crippen molar-refractivity contribution in [2.24, 2.45) is 11.8 Å². The number of nitro benzene ring substituents is 2. The predicted octanol–water partition coefficient (Wildman–Crippen LogP) is 9.70. The predicted molar refractivity (Wildman–Crippen MR) is 409 cm³/mol. The lowest BCUT2D eigenvalue weighted by atomic mass is 9.84. The quantitative estimate of drug-likeness (QED) is 0.0185. The van der Waals surface area contributed by atoms with Gasteiger partial charge in [-0.3, -0.25) is 44.5 Å². The summed E-state index contributed by atoms with van der Waals surface area (Å²) in [5, 5.41) is 37.4. The number of benzene rings is 7. The normalized spacial score (nSPS) is 16.6. The van der Waals surface area contributed by atoms with Crippen LogP contribution in [0.3, 0.4) is 0 Å². The molecule has 4 amide bonds. The first-order valence-corrected chi connectivity index (χ1v) is 38.0. The lowest BCUT2D eigenvalue weighted by molar-refractivity contribution is -0.385. The van der Waals surface area contributed by atoms with E-state index < -0.39 is 89.9 Å². The number of ether oxygens (including phenoxy) is 2. The highest BCUT2D eigenvalue weighted by molar-refractivity contribution is 7.89. The van der Waals surface area contributed by atoms with Crippen molar-refractivity contribution in [1.29, 1.82) is 0 Å². The van der Waals surface area contributed by atoms with Crippen LogP contribution in [0.15, 0.2) is 210 Å². The van der Waals surface area contributed by atoms with Crippen molar-refractivity contribution in [3.63, 3.8) is 0 Å². The fourth-order valence-corrected chi connectivity index (χ4v) is 16.7. The molecule has 0 unspecified atom stereocenters. The Hall–Kier alpha value is -9.52. The third-order valence-corrected chi connectivity index (χ3v) is 23.0. The largest absolute Gasteiger partial charge is 0.453 e. The van der Waals surface area contributed by atoms with Crippen LogP contribution in [0.2, 0.25) is 0 Å². The van der Waals surface area contributed by atoms with Gasteiger partial charge in [0, 0.05) is 120 Å². The van der Waals surface area contributed by atoms with E-state index in [0.717, 1.165) is 27.8 Å². The maximum absolute atomic E-state index is 14.5. The van der Waals surface area contributed by atoms with Gasteiger partial charge in [0.15, 0.2) is 0 Å². The molecule has 2 fully saturated rings. The Morgan fingerprint density at radius 1 is 0.491 bits per heavy atom. The SMILES string of the molecule is C.COC(=O)N[C@H](C(=O)NCCN(C)[C@@H]1CN(Cc2ccccc2)C[C@H]1N(CCC(C)C)S(=O)(=O)c1ccc([N+](=O)[O-])cc1)C(c1ccccc1)c1ccccc1.COC(=O)N[C@H](C(=O)NCCN(C)[C@@H]1CNC[C@H]1N(CCC(C)C)S(=O)(=O)c1ccc([N+](=O)[O-])cc1)C(c1ccccc1)c1ccccc1. The summed E-state index contributed by atoms with van der Waals surface area (Å²) in [7, 11) is -1.75. The van der Waals surface area contributed by atoms with E-state index in [9.17, 15) is 56.2 Å². The van der Waals surface area contributed by atoms with E-state index in [1.807, 2.05) is 198 Å². The van der Waals surface area contributed by atoms with Crippen LogP contribution in [0.4, 0.5) is 21.0 Å². The zero-order chi connectivity index (χ0) is 75.8. The smallest absolute Gasteiger partial charge is 0.407 e. The molecule has 9 rings (SSSR count). The molecule has 7 aromatic carbocycles. The first-order valence-electron chi connectivity index (χ1n) is 35.2. The Bertz CT molecular complexity index is 4080. The lowest BCUT2D eigenvalue weighted by Gasteiger charge is -2.36. The topological polar surface area (TPSA) is 318 Å². The van der Waals surface area contributed by atoms with Crippen molar-refractivity contribution in [2.45, 2.75) is 112 Å². The monoisotopic (exact) mass is 1490 g/mol. The molecule has 26 nitrogen and oxygen atoms in total. The van der Waals surface area contributed by atoms with E-state index in [2.05, 4.69) is 36.4 Å². The van der Waals surface area contributed by atoms with Gasteiger partial charge in [-0.2, -0.15) is 8.61 Å². The molecular weight excluding hydrogens is 1390 g/mol. The lowest BCUT2D eigenvalue weighted by Crippen LogP contribution is -2.54. The minimum absolute atomic E-state index is 0. The molecule has 0 saturated carbocycles. The Morgan fingerprint density at radius 2 is 0.821 bits per heavy atom. The van der Waals surface area contributed by atoms with Gasteiger partial charge in [-0.1, -0.05) is 187 Å². The number of hydrogen-bond acceptors (Lipinski definition) is 18. The summed E-state index contributed by atoms with van der Waals surface area (Å²) < 4.78 is 69.8. The van der Waals surface area contributed by atoms with E-state index in [1.165, 1.54) is 67.1 Å². The van der Waals surface area contributed by atoms with Crippen LogP contribution in [0.5, 0.6) is 0 Å². The van der Waals surface area contributed by atoms with Gasteiger partial charge in [-0.25, -0.2) is 26.4 Å². The van der Waals surface area contributed by atoms with Crippen molar-refractivity contribution >= 4 is 55.4 Å². The van der Waals surface area contributed by atoms with Crippen LogP contribution in [-0.2, 0) is 45.7 Å². The number of likely N-dealkylation sites (tertiary alicyclic amines) is 1. The van der Waals surface area contributed by atoms with Crippen LogP contribution in [-0.4, -0.2) is 204 Å². The van der Waals surface area contributed by atoms with Gasteiger partial charge in [0.25, 0.3) is 11.4 Å². The van der Waals surface area contributed by atoms with E-state index >= 15 is 0 Å². The zero-order valence-electron chi connectivity index (χ0n) is 60.7. The second-order valence-corrected chi connectivity index (χ2v) is 30.9. The minimum atomic E-state index is -4.07. The van der Waals surface area contributed by atoms with Gasteiger partial charge in [-0.05, 0) is 90.9 Å². The van der Waals surface area contributed by atoms with E-state index in [0.29, 0.717) is 58.7 Å². The van der Waals surface area contributed by atoms with Crippen LogP contribution in [0.25, 0.3) is 0 Å². The standard InChI is InChI=1S/C42H52N6O7S.C35H46N6O7S.CH4/c1-31(2)24-26-47(56(53,54)36-22-20-35(21-23-36)48(51)52)38-30-46(28-32-14-8-5-9-15-32)29-37(38)45(3)27-25-43-41(49)40(44-42(50)55-4)39(33-16-10-6-11-17-33)34-18-12-7-13-19-34;1-25(2)19-21-40(49(46,47)29-17-15-28(16-18-29)41(44)45)31-24-36-23-30(31)39(3)22-20-37-34(42)33(38-35(43)48-4)32(26-11-7-5-8-12-26)27-13-9-6-10-14-27;/h5-23,31,37-40H,24-30H2,1-4H3,(H,43,49)(H,44,50);5-18,25,30-33,36H,19-24H2,1-4H3,(H,37,42)(H,38,43);1H4/t37-,38-,40+;30-,31-,33+;/m11./s1. The number of alkyl carbamates (subject to hydrolysis) is 2. The van der Waals surface area contributed by atoms with Crippen LogP contribution in [0.1, 0.15) is 87.6 Å². The highest BCUT2D eigenvalue weighted by atomic mass is 32.2. The summed E-state index contributed by atoms with van der Waals surface area (Å²) in [5.74, 6) is -1.33. The van der Waals surface area contributed by atoms with Gasteiger partial charge >= 0.3 is 12.2 Å². The van der Waals surface area contributed by atoms with Gasteiger partial charge in [-0.15, -0.1) is 0 Å². The number of amides is 4. The molecule has 570 valence electrons. The third-order valence-electron chi connectivity index (χ3n) is 19.1. The van der Waals surface area contributed by atoms with Gasteiger partial charge in [0.1, 0.15) is 12.1 Å². The number of nitro groups is 2. The number of sulfonamides is 2. The maximum atomic E-state index is 14.5. The third kappa shape index (κ3) is 22.8. The van der Waals surface area contributed by atoms with E-state index in [-0.39, 0.29) is 78.7 Å². The van der Waals surface area contributed by atoms with Gasteiger partial charge in [0.05, 0.1) is 45.9 Å². The van der Waals surface area contributed by atoms with Crippen LogP contribution in [0, 0.1) is 32.1 Å². The summed E-state index contributed by atoms with van der Waals surface area (Å²) in [5.41, 5.74) is 4.11. The van der Waals surface area contributed by atoms with Crippen molar-refractivity contribution < 1.29 is 55.3 Å². The molecule has 0 radical (unpaired) electrons. The number of non-ortho nitro benzene ring substituents is 2. The molecule has 7 aromatic rings. The highest BCUT2D eigenvalue weighted by Gasteiger charge is 2.45. The minimum Gasteiger partial charge on any atom is -0.453 e. The molecular formula is C78H102N12O14S2.